The molecule has 0 amide bonds. The molecule has 0 radical (unpaired) electrons. The first-order chi connectivity index (χ1) is 19.1. The summed E-state index contributed by atoms with van der Waals surface area (Å²) in [5.74, 6) is -2.22. The summed E-state index contributed by atoms with van der Waals surface area (Å²) in [5, 5.41) is 74.0. The molecule has 5 aliphatic rings. The second-order valence-electron chi connectivity index (χ2n) is 13.1. The molecule has 2 aliphatic heterocycles. The number of rotatable bonds is 5. The van der Waals surface area contributed by atoms with Crippen molar-refractivity contribution in [3.63, 3.8) is 0 Å². The molecule has 13 atom stereocenters. The van der Waals surface area contributed by atoms with Crippen LogP contribution in [0.3, 0.4) is 0 Å². The van der Waals surface area contributed by atoms with Gasteiger partial charge in [0, 0.05) is 24.2 Å². The molecule has 232 valence electrons. The molecule has 0 aromatic carbocycles. The Morgan fingerprint density at radius 2 is 1.73 bits per heavy atom. The summed E-state index contributed by atoms with van der Waals surface area (Å²) in [5.41, 5.74) is -3.37. The first-order valence-corrected chi connectivity index (χ1v) is 14.2. The largest absolute Gasteiger partial charge is 0.448 e. The molecule has 0 spiro atoms. The summed E-state index contributed by atoms with van der Waals surface area (Å²) in [4.78, 5) is 27.7. The number of ketones is 1. The fourth-order valence-electron chi connectivity index (χ4n) is 7.76. The third-order valence-corrected chi connectivity index (χ3v) is 10.8. The number of carbonyl (C=O) groups excluding carboxylic acids is 2. The molecular weight excluding hydrogens is 544 g/mol. The molecule has 2 bridgehead atoms. The highest BCUT2D eigenvalue weighted by molar-refractivity contribution is 5.95. The van der Waals surface area contributed by atoms with Gasteiger partial charge in [0.1, 0.15) is 31.0 Å². The number of fused-ring (bicyclic) bond motifs is 5. The van der Waals surface area contributed by atoms with Gasteiger partial charge in [0.15, 0.2) is 18.2 Å². The molecule has 0 aromatic rings. The number of esters is 1. The molecule has 41 heavy (non-hydrogen) atoms. The van der Waals surface area contributed by atoms with E-state index in [0.717, 1.165) is 0 Å². The van der Waals surface area contributed by atoms with Crippen LogP contribution in [0.2, 0.25) is 0 Å². The number of carbonyl (C=O) groups is 2. The highest BCUT2D eigenvalue weighted by atomic mass is 16.7. The van der Waals surface area contributed by atoms with E-state index in [2.05, 4.69) is 0 Å². The van der Waals surface area contributed by atoms with E-state index in [0.29, 0.717) is 12.2 Å². The molecule has 2 saturated heterocycles. The van der Waals surface area contributed by atoms with Crippen molar-refractivity contribution in [1.82, 2.24) is 0 Å². The number of aliphatic hydroxyl groups excluding tert-OH is 6. The zero-order valence-corrected chi connectivity index (χ0v) is 23.7. The monoisotopic (exact) mass is 586 g/mol. The van der Waals surface area contributed by atoms with Gasteiger partial charge in [-0.1, -0.05) is 13.8 Å². The molecule has 12 unspecified atom stereocenters. The topological polar surface area (TPSA) is 213 Å². The van der Waals surface area contributed by atoms with Gasteiger partial charge in [0.05, 0.1) is 42.5 Å². The lowest BCUT2D eigenvalue weighted by atomic mass is 9.47. The molecule has 5 rings (SSSR count). The van der Waals surface area contributed by atoms with Gasteiger partial charge >= 0.3 is 5.97 Å². The van der Waals surface area contributed by atoms with Crippen LogP contribution in [0.5, 0.6) is 0 Å². The third kappa shape index (κ3) is 4.60. The fraction of sp³-hybridized carbons (Fsp3) is 0.857. The Balaban J connectivity index is 1.46. The van der Waals surface area contributed by atoms with Gasteiger partial charge in [0.2, 0.25) is 0 Å². The first kappa shape index (κ1) is 30.9. The second kappa shape index (κ2) is 10.6. The van der Waals surface area contributed by atoms with Crippen molar-refractivity contribution in [3.8, 4) is 0 Å². The average molecular weight is 587 g/mol. The highest BCUT2D eigenvalue weighted by Gasteiger charge is 2.67. The Hall–Kier alpha value is -1.52. The lowest BCUT2D eigenvalue weighted by Crippen LogP contribution is -2.69. The molecular formula is C28H42O13. The molecule has 3 aliphatic carbocycles. The van der Waals surface area contributed by atoms with Crippen molar-refractivity contribution in [2.75, 3.05) is 19.8 Å². The number of hydrogen-bond acceptors (Lipinski definition) is 13. The normalized spacial score (nSPS) is 49.2. The molecule has 13 heteroatoms. The van der Waals surface area contributed by atoms with Crippen LogP contribution in [-0.4, -0.2) is 128 Å². The van der Waals surface area contributed by atoms with E-state index in [1.54, 1.807) is 27.7 Å². The van der Waals surface area contributed by atoms with E-state index in [-0.39, 0.29) is 36.9 Å². The van der Waals surface area contributed by atoms with E-state index in [4.69, 9.17) is 18.9 Å². The zero-order valence-electron chi connectivity index (χ0n) is 23.7. The van der Waals surface area contributed by atoms with E-state index in [1.807, 2.05) is 0 Å². The quantitative estimate of drug-likeness (QED) is 0.136. The molecule has 2 heterocycles. The van der Waals surface area contributed by atoms with Crippen LogP contribution in [0.4, 0.5) is 0 Å². The van der Waals surface area contributed by atoms with Crippen LogP contribution in [0, 0.1) is 22.7 Å². The van der Waals surface area contributed by atoms with Crippen LogP contribution < -0.4 is 0 Å². The predicted octanol–water partition coefficient (Wildman–Crippen LogP) is -2.07. The molecule has 7 N–H and O–H groups in total. The van der Waals surface area contributed by atoms with Gasteiger partial charge in [-0.15, -0.1) is 0 Å². The SMILES string of the molecule is CC1=C2C(OC(=O)COC3OC(CO)C(O)C(O)C3O)C(=O)C3(C)C(O)CC4OCC4C3CC(O)(C[C@@H]1O)C2(C)C. The summed E-state index contributed by atoms with van der Waals surface area (Å²) in [6, 6.07) is 0. The number of hydrogen-bond donors (Lipinski definition) is 7. The van der Waals surface area contributed by atoms with Gasteiger partial charge in [-0.3, -0.25) is 4.79 Å². The highest BCUT2D eigenvalue weighted by Crippen LogP contribution is 2.61. The van der Waals surface area contributed by atoms with Crippen molar-refractivity contribution < 1.29 is 64.3 Å². The number of Topliss-reactive ketones (excluding diaryl/α,β-unsaturated/α-hetero) is 1. The Morgan fingerprint density at radius 3 is 2.34 bits per heavy atom. The van der Waals surface area contributed by atoms with Crippen molar-refractivity contribution in [2.24, 2.45) is 22.7 Å². The number of ether oxygens (including phenoxy) is 4. The van der Waals surface area contributed by atoms with Gasteiger partial charge in [-0.05, 0) is 37.3 Å². The summed E-state index contributed by atoms with van der Waals surface area (Å²) in [6.45, 7) is 5.58. The minimum Gasteiger partial charge on any atom is -0.448 e. The molecule has 13 nitrogen and oxygen atoms in total. The van der Waals surface area contributed by atoms with E-state index >= 15 is 0 Å². The molecule has 0 aromatic heterocycles. The zero-order chi connectivity index (χ0) is 30.2. The molecule has 4 fully saturated rings. The first-order valence-electron chi connectivity index (χ1n) is 14.2. The van der Waals surface area contributed by atoms with E-state index in [1.165, 1.54) is 0 Å². The van der Waals surface area contributed by atoms with E-state index < -0.39 is 96.3 Å². The molecule has 2 saturated carbocycles. The summed E-state index contributed by atoms with van der Waals surface area (Å²) in [6.07, 6.45) is -11.6. The smallest absolute Gasteiger partial charge is 0.333 e. The van der Waals surface area contributed by atoms with Crippen LogP contribution in [0.25, 0.3) is 0 Å². The minimum atomic E-state index is -1.74. The van der Waals surface area contributed by atoms with Crippen LogP contribution in [0.1, 0.15) is 47.0 Å². The Bertz CT molecular complexity index is 1090. The number of aliphatic hydroxyl groups is 7. The fourth-order valence-corrected chi connectivity index (χ4v) is 7.76. The maximum Gasteiger partial charge on any atom is 0.333 e. The summed E-state index contributed by atoms with van der Waals surface area (Å²) >= 11 is 0. The standard InChI is InChI=1S/C28H42O13/c1-11-14(30)7-28(37)6-13-12-9-38-15(12)5-17(31)27(13,4)24(36)23(19(11)26(28,2)3)41-18(32)10-39-25-22(35)21(34)20(33)16(8-29)40-25/h12-17,20-23,25,29-31,33-35,37H,5-10H2,1-4H3/t12?,13?,14-,15?,16?,17?,20?,21?,22?,23?,25?,27?,28?/m0/s1. The average Bonchev–Trinajstić information content (AvgIpc) is 2.89. The van der Waals surface area contributed by atoms with Crippen molar-refractivity contribution >= 4 is 11.8 Å². The van der Waals surface area contributed by atoms with E-state index in [9.17, 15) is 45.3 Å². The van der Waals surface area contributed by atoms with Gasteiger partial charge < -0.3 is 54.7 Å². The Morgan fingerprint density at radius 1 is 1.05 bits per heavy atom. The Kier molecular flexibility index (Phi) is 7.98. The second-order valence-corrected chi connectivity index (χ2v) is 13.1. The maximum absolute atomic E-state index is 14.5. The third-order valence-electron chi connectivity index (χ3n) is 10.8. The van der Waals surface area contributed by atoms with Crippen LogP contribution in [-0.2, 0) is 28.5 Å². The van der Waals surface area contributed by atoms with Gasteiger partial charge in [0.25, 0.3) is 0 Å². The van der Waals surface area contributed by atoms with Crippen LogP contribution >= 0.6 is 0 Å². The summed E-state index contributed by atoms with van der Waals surface area (Å²) in [7, 11) is 0. The summed E-state index contributed by atoms with van der Waals surface area (Å²) < 4.78 is 22.0. The Labute approximate surface area is 237 Å². The lowest BCUT2D eigenvalue weighted by Gasteiger charge is -2.62. The van der Waals surface area contributed by atoms with Crippen molar-refractivity contribution in [1.29, 1.82) is 0 Å². The van der Waals surface area contributed by atoms with Crippen molar-refractivity contribution in [3.05, 3.63) is 11.1 Å². The van der Waals surface area contributed by atoms with Crippen molar-refractivity contribution in [2.45, 2.75) is 108 Å². The minimum absolute atomic E-state index is 0.00529. The lowest BCUT2D eigenvalue weighted by molar-refractivity contribution is -0.300. The van der Waals surface area contributed by atoms with Crippen LogP contribution in [0.15, 0.2) is 11.1 Å². The van der Waals surface area contributed by atoms with Gasteiger partial charge in [-0.25, -0.2) is 4.79 Å². The van der Waals surface area contributed by atoms with Gasteiger partial charge in [-0.2, -0.15) is 0 Å². The maximum atomic E-state index is 14.5. The predicted molar refractivity (Wildman–Crippen MR) is 137 cm³/mol.